The number of carbonyl (C=O) groups is 2. The molecule has 0 radical (unpaired) electrons. The highest BCUT2D eigenvalue weighted by Gasteiger charge is 2.33. The highest BCUT2D eigenvalue weighted by Crippen LogP contribution is 2.28. The van der Waals surface area contributed by atoms with Crippen molar-refractivity contribution in [1.29, 1.82) is 0 Å². The van der Waals surface area contributed by atoms with Crippen LogP contribution in [-0.2, 0) is 4.79 Å². The van der Waals surface area contributed by atoms with E-state index in [1.165, 1.54) is 4.90 Å². The van der Waals surface area contributed by atoms with Crippen molar-refractivity contribution in [3.05, 3.63) is 102 Å². The maximum absolute atomic E-state index is 13.5. The number of nitrogens with zero attached hydrogens (tertiary/aromatic N) is 2. The van der Waals surface area contributed by atoms with Crippen LogP contribution in [0.1, 0.15) is 21.6 Å². The van der Waals surface area contributed by atoms with Crippen LogP contribution in [0.4, 0.5) is 5.69 Å². The van der Waals surface area contributed by atoms with Crippen LogP contribution in [0, 0.1) is 0 Å². The number of aliphatic hydroxyl groups excluding tert-OH is 1. The topological polar surface area (TPSA) is 97.8 Å². The number of aromatic amines is 1. The van der Waals surface area contributed by atoms with E-state index in [2.05, 4.69) is 10.3 Å². The molecule has 0 unspecified atom stereocenters. The van der Waals surface area contributed by atoms with Crippen LogP contribution in [0.3, 0.4) is 0 Å². The summed E-state index contributed by atoms with van der Waals surface area (Å²) >= 11 is 0. The number of carbonyl (C=O) groups excluding carboxylic acids is 2. The van der Waals surface area contributed by atoms with Crippen LogP contribution in [-0.4, -0.2) is 46.9 Å². The summed E-state index contributed by atoms with van der Waals surface area (Å²) in [7, 11) is 0. The van der Waals surface area contributed by atoms with Gasteiger partial charge in [0.2, 0.25) is 6.17 Å². The molecule has 0 fully saturated rings. The fourth-order valence-corrected chi connectivity index (χ4v) is 4.08. The Kier molecular flexibility index (Phi) is 5.46. The number of hydrogen-bond donors (Lipinski definition) is 3. The lowest BCUT2D eigenvalue weighted by molar-refractivity contribution is -0.120. The van der Waals surface area contributed by atoms with E-state index in [1.807, 2.05) is 78.9 Å². The number of fused-ring (bicyclic) bond motifs is 2. The van der Waals surface area contributed by atoms with Crippen molar-refractivity contribution in [3.63, 3.8) is 0 Å². The Hall–Kier alpha value is -4.23. The first-order chi connectivity index (χ1) is 16.2. The van der Waals surface area contributed by atoms with Gasteiger partial charge in [-0.25, -0.2) is 4.99 Å². The number of aliphatic imine (C=N–C) groups is 1. The third-order valence-corrected chi connectivity index (χ3v) is 5.62. The monoisotopic (exact) mass is 438 g/mol. The number of hydrogen-bond acceptors (Lipinski definition) is 4. The van der Waals surface area contributed by atoms with Gasteiger partial charge in [-0.05, 0) is 18.2 Å². The van der Waals surface area contributed by atoms with E-state index >= 15 is 0 Å². The summed E-state index contributed by atoms with van der Waals surface area (Å²) in [5.74, 6) is -0.845. The lowest BCUT2D eigenvalue weighted by Gasteiger charge is -2.24. The molecule has 164 valence electrons. The normalized spacial score (nSPS) is 15.7. The number of H-pyrrole nitrogens is 1. The van der Waals surface area contributed by atoms with Gasteiger partial charge in [0, 0.05) is 28.6 Å². The van der Waals surface area contributed by atoms with Gasteiger partial charge in [0.1, 0.15) is 5.69 Å². The van der Waals surface area contributed by atoms with E-state index in [9.17, 15) is 14.7 Å². The molecule has 1 aromatic heterocycles. The van der Waals surface area contributed by atoms with Crippen LogP contribution >= 0.6 is 0 Å². The summed E-state index contributed by atoms with van der Waals surface area (Å²) in [5.41, 5.74) is 4.00. The van der Waals surface area contributed by atoms with Crippen molar-refractivity contribution in [2.24, 2.45) is 4.99 Å². The van der Waals surface area contributed by atoms with Crippen LogP contribution < -0.4 is 10.2 Å². The zero-order chi connectivity index (χ0) is 22.8. The smallest absolute Gasteiger partial charge is 0.272 e. The second kappa shape index (κ2) is 8.72. The second-order valence-electron chi connectivity index (χ2n) is 7.72. The third-order valence-electron chi connectivity index (χ3n) is 5.62. The molecule has 3 aromatic carbocycles. The maximum Gasteiger partial charge on any atom is 0.272 e. The second-order valence-corrected chi connectivity index (χ2v) is 7.72. The molecule has 2 amide bonds. The lowest BCUT2D eigenvalue weighted by Crippen LogP contribution is -2.48. The highest BCUT2D eigenvalue weighted by molar-refractivity contribution is 6.20. The maximum atomic E-state index is 13.5. The molecule has 0 bridgehead atoms. The van der Waals surface area contributed by atoms with Crippen molar-refractivity contribution in [2.75, 3.05) is 18.1 Å². The molecule has 0 saturated heterocycles. The largest absolute Gasteiger partial charge is 0.395 e. The molecular formula is C26H22N4O3. The van der Waals surface area contributed by atoms with Gasteiger partial charge in [-0.15, -0.1) is 0 Å². The average Bonchev–Trinajstić information content (AvgIpc) is 3.26. The molecule has 1 aliphatic rings. The Morgan fingerprint density at radius 2 is 1.73 bits per heavy atom. The number of amides is 2. The van der Waals surface area contributed by atoms with Gasteiger partial charge in [-0.3, -0.25) is 9.59 Å². The lowest BCUT2D eigenvalue weighted by atomic mass is 10.0. The summed E-state index contributed by atoms with van der Waals surface area (Å²) in [4.78, 5) is 35.9. The summed E-state index contributed by atoms with van der Waals surface area (Å²) in [6.07, 6.45) is -1.15. The number of anilines is 1. The number of aliphatic hydroxyl groups is 1. The van der Waals surface area contributed by atoms with Crippen molar-refractivity contribution in [3.8, 4) is 0 Å². The van der Waals surface area contributed by atoms with E-state index in [0.717, 1.165) is 22.0 Å². The van der Waals surface area contributed by atoms with Crippen molar-refractivity contribution < 1.29 is 14.7 Å². The Bertz CT molecular complexity index is 1330. The number of rotatable bonds is 5. The van der Waals surface area contributed by atoms with Gasteiger partial charge in [0.15, 0.2) is 0 Å². The minimum absolute atomic E-state index is 0.0895. The fraction of sp³-hybridized carbons (Fsp3) is 0.115. The number of aromatic nitrogens is 1. The Labute approximate surface area is 190 Å². The number of β-amino-alcohol motifs (C(OH)–C–C–N with tert-alkyl or cyclic N) is 1. The van der Waals surface area contributed by atoms with Crippen LogP contribution in [0.5, 0.6) is 0 Å². The fourth-order valence-electron chi connectivity index (χ4n) is 4.08. The summed E-state index contributed by atoms with van der Waals surface area (Å²) in [6, 6.07) is 26.3. The molecule has 3 N–H and O–H groups in total. The molecule has 7 nitrogen and oxygen atoms in total. The number of benzodiazepines with no additional fused rings is 1. The van der Waals surface area contributed by atoms with Gasteiger partial charge in [-0.1, -0.05) is 66.7 Å². The molecule has 33 heavy (non-hydrogen) atoms. The average molecular weight is 438 g/mol. The summed E-state index contributed by atoms with van der Waals surface area (Å²) in [6.45, 7) is -0.129. The van der Waals surface area contributed by atoms with Crippen molar-refractivity contribution >= 4 is 34.1 Å². The van der Waals surface area contributed by atoms with Crippen LogP contribution in [0.15, 0.2) is 89.9 Å². The predicted octanol–water partition coefficient (Wildman–Crippen LogP) is 3.10. The Balaban J connectivity index is 1.58. The first-order valence-electron chi connectivity index (χ1n) is 10.7. The number of benzene rings is 3. The minimum atomic E-state index is -1.15. The molecule has 0 aliphatic carbocycles. The van der Waals surface area contributed by atoms with Crippen LogP contribution in [0.2, 0.25) is 0 Å². The predicted molar refractivity (Wildman–Crippen MR) is 128 cm³/mol. The zero-order valence-corrected chi connectivity index (χ0v) is 17.7. The van der Waals surface area contributed by atoms with Gasteiger partial charge in [0.25, 0.3) is 11.8 Å². The van der Waals surface area contributed by atoms with E-state index in [0.29, 0.717) is 17.1 Å². The molecule has 4 aromatic rings. The van der Waals surface area contributed by atoms with E-state index < -0.39 is 18.0 Å². The molecular weight excluding hydrogens is 416 g/mol. The molecule has 0 saturated carbocycles. The van der Waals surface area contributed by atoms with E-state index in [-0.39, 0.29) is 13.2 Å². The number of nitrogens with one attached hydrogen (secondary N) is 2. The number of para-hydroxylation sites is 2. The molecule has 1 atom stereocenters. The third kappa shape index (κ3) is 3.90. The summed E-state index contributed by atoms with van der Waals surface area (Å²) < 4.78 is 0. The Morgan fingerprint density at radius 3 is 2.52 bits per heavy atom. The first-order valence-corrected chi connectivity index (χ1v) is 10.7. The standard InChI is InChI=1S/C26H22N4O3/c31-15-14-30-22-13-7-5-11-19(22)23(17-8-2-1-3-9-17)28-24(26(30)33)29-25(32)21-16-18-10-4-6-12-20(18)27-21/h1-13,16,24,27,31H,14-15H2,(H,29,32)/t24-/m1/s1. The SMILES string of the molecule is O=C(N[C@H]1N=C(c2ccccc2)c2ccccc2N(CCO)C1=O)c1cc2ccccc2[nH]1. The molecule has 2 heterocycles. The minimum Gasteiger partial charge on any atom is -0.395 e. The quantitative estimate of drug-likeness (QED) is 0.447. The van der Waals surface area contributed by atoms with E-state index in [1.54, 1.807) is 6.07 Å². The molecule has 7 heteroatoms. The first kappa shape index (κ1) is 20.7. The van der Waals surface area contributed by atoms with Crippen molar-refractivity contribution in [1.82, 2.24) is 10.3 Å². The van der Waals surface area contributed by atoms with Gasteiger partial charge in [0.05, 0.1) is 18.0 Å². The van der Waals surface area contributed by atoms with Gasteiger partial charge >= 0.3 is 0 Å². The molecule has 1 aliphatic heterocycles. The van der Waals surface area contributed by atoms with Gasteiger partial charge < -0.3 is 20.3 Å². The highest BCUT2D eigenvalue weighted by atomic mass is 16.3. The van der Waals surface area contributed by atoms with Crippen molar-refractivity contribution in [2.45, 2.75) is 6.17 Å². The molecule has 5 rings (SSSR count). The van der Waals surface area contributed by atoms with Gasteiger partial charge in [-0.2, -0.15) is 0 Å². The Morgan fingerprint density at radius 1 is 1.00 bits per heavy atom. The van der Waals surface area contributed by atoms with Crippen LogP contribution in [0.25, 0.3) is 10.9 Å². The zero-order valence-electron chi connectivity index (χ0n) is 17.7. The molecule has 0 spiro atoms. The summed E-state index contributed by atoms with van der Waals surface area (Å²) in [5, 5.41) is 13.3. The van der Waals surface area contributed by atoms with E-state index in [4.69, 9.17) is 4.99 Å².